The van der Waals surface area contributed by atoms with E-state index < -0.39 is 34.1 Å². The van der Waals surface area contributed by atoms with Crippen LogP contribution in [0.4, 0.5) is 5.13 Å². The Morgan fingerprint density at radius 2 is 2.10 bits per heavy atom. The van der Waals surface area contributed by atoms with Crippen molar-refractivity contribution >= 4 is 51.7 Å². The summed E-state index contributed by atoms with van der Waals surface area (Å²) in [5, 5.41) is 18.1. The first-order valence-electron chi connectivity index (χ1n) is 10.1. The Morgan fingerprint density at radius 1 is 1.39 bits per heavy atom. The van der Waals surface area contributed by atoms with E-state index in [-0.39, 0.29) is 24.1 Å². The summed E-state index contributed by atoms with van der Waals surface area (Å²) >= 11 is 2.57. The molecule has 168 valence electrons. The molecule has 3 aliphatic rings. The van der Waals surface area contributed by atoms with Gasteiger partial charge in [0.15, 0.2) is 10.8 Å². The van der Waals surface area contributed by atoms with Crippen LogP contribution in [0.25, 0.3) is 0 Å². The van der Waals surface area contributed by atoms with Crippen molar-refractivity contribution in [2.75, 3.05) is 5.73 Å². The topological polar surface area (TPSA) is 147 Å². The highest BCUT2D eigenvalue weighted by atomic mass is 32.2. The first-order chi connectivity index (χ1) is 14.7. The van der Waals surface area contributed by atoms with Gasteiger partial charge in [-0.2, -0.15) is 0 Å². The van der Waals surface area contributed by atoms with E-state index in [1.165, 1.54) is 28.0 Å². The first kappa shape index (κ1) is 21.9. The number of thiazole rings is 1. The van der Waals surface area contributed by atoms with E-state index in [4.69, 9.17) is 10.6 Å². The van der Waals surface area contributed by atoms with Crippen LogP contribution >= 0.6 is 23.1 Å². The van der Waals surface area contributed by atoms with Crippen LogP contribution in [0, 0.1) is 0 Å². The standard InChI is InChI=1S/C19H25N5O5S2/c1-19(2)14(17(27)28)24-12(25)7-10(16(24)31-19)21-15(26)13(11-8-30-18(20)22-11)23-29-9-5-3-4-6-9/h8-10,14,16H,3-7H2,1-2H3,(H2,20,22)(H,21,26)(H,27,28)/b23-13+/t10-,14+,16-/m1/s1. The maximum atomic E-state index is 13.1. The molecule has 3 atom stereocenters. The predicted molar refractivity (Wildman–Crippen MR) is 117 cm³/mol. The molecule has 3 heterocycles. The van der Waals surface area contributed by atoms with Gasteiger partial charge in [0.2, 0.25) is 5.91 Å². The Labute approximate surface area is 187 Å². The van der Waals surface area contributed by atoms with Crippen molar-refractivity contribution in [3.63, 3.8) is 0 Å². The number of hydrogen-bond acceptors (Lipinski definition) is 9. The van der Waals surface area contributed by atoms with Gasteiger partial charge in [-0.15, -0.1) is 23.1 Å². The molecule has 0 radical (unpaired) electrons. The number of rotatable bonds is 6. The van der Waals surface area contributed by atoms with Gasteiger partial charge < -0.3 is 25.9 Å². The molecule has 4 N–H and O–H groups in total. The van der Waals surface area contributed by atoms with Gasteiger partial charge in [0.1, 0.15) is 17.8 Å². The number of carboxylic acid groups (broad SMARTS) is 1. The summed E-state index contributed by atoms with van der Waals surface area (Å²) in [5.41, 5.74) is 6.04. The third-order valence-corrected chi connectivity index (χ3v) is 8.09. The third-order valence-electron chi connectivity index (χ3n) is 5.79. The molecule has 2 aliphatic heterocycles. The number of anilines is 1. The Bertz CT molecular complexity index is 927. The molecule has 1 saturated carbocycles. The van der Waals surface area contributed by atoms with Crippen LogP contribution in [0.15, 0.2) is 10.5 Å². The van der Waals surface area contributed by atoms with Crippen LogP contribution in [-0.2, 0) is 19.2 Å². The lowest BCUT2D eigenvalue weighted by atomic mass is 10.0. The molecule has 0 bridgehead atoms. The number of nitrogens with two attached hydrogens (primary N) is 1. The Hall–Kier alpha value is -2.34. The van der Waals surface area contributed by atoms with Gasteiger partial charge in [0.25, 0.3) is 5.91 Å². The van der Waals surface area contributed by atoms with Crippen LogP contribution in [0.5, 0.6) is 0 Å². The molecule has 0 spiro atoms. The second kappa shape index (κ2) is 8.30. The van der Waals surface area contributed by atoms with Crippen molar-refractivity contribution in [3.8, 4) is 0 Å². The monoisotopic (exact) mass is 467 g/mol. The number of aromatic nitrogens is 1. The Kier molecular flexibility index (Phi) is 5.86. The van der Waals surface area contributed by atoms with Crippen molar-refractivity contribution in [2.45, 2.75) is 74.3 Å². The van der Waals surface area contributed by atoms with Crippen molar-refractivity contribution in [2.24, 2.45) is 5.16 Å². The van der Waals surface area contributed by atoms with Crippen LogP contribution in [0.1, 0.15) is 51.6 Å². The predicted octanol–water partition coefficient (Wildman–Crippen LogP) is 1.41. The number of fused-ring (bicyclic) bond motifs is 1. The Balaban J connectivity index is 1.54. The van der Waals surface area contributed by atoms with Crippen LogP contribution in [0.3, 0.4) is 0 Å². The lowest BCUT2D eigenvalue weighted by Crippen LogP contribution is -2.49. The first-order valence-corrected chi connectivity index (χ1v) is 11.9. The van der Waals surface area contributed by atoms with E-state index >= 15 is 0 Å². The number of hydrogen-bond donors (Lipinski definition) is 3. The number of thioether (sulfide) groups is 1. The van der Waals surface area contributed by atoms with Crippen LogP contribution < -0.4 is 11.1 Å². The van der Waals surface area contributed by atoms with Gasteiger partial charge in [-0.25, -0.2) is 9.78 Å². The molecule has 1 aromatic heterocycles. The lowest BCUT2D eigenvalue weighted by Gasteiger charge is -2.26. The summed E-state index contributed by atoms with van der Waals surface area (Å²) in [4.78, 5) is 48.7. The molecule has 31 heavy (non-hydrogen) atoms. The molecule has 4 rings (SSSR count). The minimum atomic E-state index is -1.05. The number of nitrogen functional groups attached to an aromatic ring is 1. The molecule has 0 unspecified atom stereocenters. The number of nitrogens with zero attached hydrogens (tertiary/aromatic N) is 3. The highest BCUT2D eigenvalue weighted by molar-refractivity contribution is 8.01. The highest BCUT2D eigenvalue weighted by Crippen LogP contribution is 2.49. The quantitative estimate of drug-likeness (QED) is 0.420. The molecule has 2 amide bonds. The second-order valence-corrected chi connectivity index (χ2v) is 11.1. The summed E-state index contributed by atoms with van der Waals surface area (Å²) in [7, 11) is 0. The average molecular weight is 468 g/mol. The SMILES string of the molecule is CC1(C)S[C@@H]2[C@H](NC(=O)/C(=N/OC3CCCC3)c3csc(N)n3)CC(=O)N2[C@H]1C(=O)O. The molecule has 1 aromatic rings. The summed E-state index contributed by atoms with van der Waals surface area (Å²) < 4.78 is -0.679. The van der Waals surface area contributed by atoms with Gasteiger partial charge >= 0.3 is 5.97 Å². The minimum Gasteiger partial charge on any atom is -0.480 e. The third kappa shape index (κ3) is 4.22. The summed E-state index contributed by atoms with van der Waals surface area (Å²) in [6.45, 7) is 3.59. The normalized spacial score (nSPS) is 28.1. The fourth-order valence-corrected chi connectivity index (χ4v) is 6.56. The molecule has 10 nitrogen and oxygen atoms in total. The van der Waals surface area contributed by atoms with Gasteiger partial charge in [-0.1, -0.05) is 5.16 Å². The van der Waals surface area contributed by atoms with Crippen molar-refractivity contribution < 1.29 is 24.3 Å². The molecule has 12 heteroatoms. The van der Waals surface area contributed by atoms with E-state index in [9.17, 15) is 19.5 Å². The molecule has 1 aliphatic carbocycles. The van der Waals surface area contributed by atoms with Gasteiger partial charge in [0, 0.05) is 16.5 Å². The zero-order valence-corrected chi connectivity index (χ0v) is 18.9. The highest BCUT2D eigenvalue weighted by Gasteiger charge is 2.59. The average Bonchev–Trinajstić information content (AvgIpc) is 3.43. The summed E-state index contributed by atoms with van der Waals surface area (Å²) in [6, 6.07) is -1.50. The second-order valence-electron chi connectivity index (χ2n) is 8.46. The van der Waals surface area contributed by atoms with E-state index in [1.807, 2.05) is 0 Å². The van der Waals surface area contributed by atoms with Crippen molar-refractivity contribution in [1.82, 2.24) is 15.2 Å². The van der Waals surface area contributed by atoms with Crippen LogP contribution in [0.2, 0.25) is 0 Å². The van der Waals surface area contributed by atoms with E-state index in [0.717, 1.165) is 25.7 Å². The molecule has 0 aromatic carbocycles. The van der Waals surface area contributed by atoms with Gasteiger partial charge in [-0.05, 0) is 39.5 Å². The molecule has 3 fully saturated rings. The number of carbonyl (C=O) groups is 3. The minimum absolute atomic E-state index is 0.00258. The van der Waals surface area contributed by atoms with Crippen molar-refractivity contribution in [1.29, 1.82) is 0 Å². The summed E-state index contributed by atoms with van der Waals surface area (Å²) in [6.07, 6.45) is 3.88. The van der Waals surface area contributed by atoms with Gasteiger partial charge in [0.05, 0.1) is 11.4 Å². The number of amides is 2. The number of nitrogens with one attached hydrogen (secondary N) is 1. The lowest BCUT2D eigenvalue weighted by molar-refractivity contribution is -0.148. The Morgan fingerprint density at radius 3 is 2.71 bits per heavy atom. The number of carboxylic acids is 1. The zero-order chi connectivity index (χ0) is 22.3. The fraction of sp³-hybridized carbons (Fsp3) is 0.632. The summed E-state index contributed by atoms with van der Waals surface area (Å²) in [5.74, 6) is -1.87. The van der Waals surface area contributed by atoms with E-state index in [0.29, 0.717) is 10.8 Å². The maximum absolute atomic E-state index is 13.1. The maximum Gasteiger partial charge on any atom is 0.327 e. The zero-order valence-electron chi connectivity index (χ0n) is 17.2. The smallest absolute Gasteiger partial charge is 0.327 e. The fourth-order valence-electron chi connectivity index (χ4n) is 4.37. The number of carbonyl (C=O) groups excluding carboxylic acids is 2. The number of oxime groups is 1. The molecule has 2 saturated heterocycles. The van der Waals surface area contributed by atoms with Gasteiger partial charge in [-0.3, -0.25) is 9.59 Å². The van der Waals surface area contributed by atoms with Crippen molar-refractivity contribution in [3.05, 3.63) is 11.1 Å². The molecular formula is C19H25N5O5S2. The molecular weight excluding hydrogens is 442 g/mol. The van der Waals surface area contributed by atoms with E-state index in [2.05, 4.69) is 15.5 Å². The van der Waals surface area contributed by atoms with Crippen LogP contribution in [-0.4, -0.2) is 66.8 Å². The number of aliphatic carboxylic acids is 1. The van der Waals surface area contributed by atoms with E-state index in [1.54, 1.807) is 19.2 Å². The largest absolute Gasteiger partial charge is 0.480 e.